The van der Waals surface area contributed by atoms with E-state index >= 15 is 0 Å². The van der Waals surface area contributed by atoms with Crippen molar-refractivity contribution in [3.63, 3.8) is 0 Å². The zero-order valence-corrected chi connectivity index (χ0v) is 13.3. The molecule has 2 rings (SSSR count). The van der Waals surface area contributed by atoms with E-state index < -0.39 is 6.09 Å². The number of likely N-dealkylation sites (tertiary alicyclic amines) is 1. The maximum Gasteiger partial charge on any atom is 0.407 e. The predicted octanol–water partition coefficient (Wildman–Crippen LogP) is 2.83. The number of nitrogens with zero attached hydrogens (tertiary/aromatic N) is 1. The predicted molar refractivity (Wildman–Crippen MR) is 82.3 cm³/mol. The summed E-state index contributed by atoms with van der Waals surface area (Å²) >= 11 is 0. The van der Waals surface area contributed by atoms with Crippen molar-refractivity contribution in [3.8, 4) is 0 Å². The Morgan fingerprint density at radius 2 is 1.76 bits per heavy atom. The van der Waals surface area contributed by atoms with Gasteiger partial charge in [-0.2, -0.15) is 0 Å². The molecule has 3 N–H and O–H groups in total. The van der Waals surface area contributed by atoms with Crippen molar-refractivity contribution in [1.29, 1.82) is 0 Å². The number of rotatable bonds is 4. The van der Waals surface area contributed by atoms with Crippen LogP contribution in [-0.4, -0.2) is 46.9 Å². The van der Waals surface area contributed by atoms with Crippen molar-refractivity contribution in [1.82, 2.24) is 4.90 Å². The van der Waals surface area contributed by atoms with Crippen LogP contribution in [0.3, 0.4) is 0 Å². The van der Waals surface area contributed by atoms with Gasteiger partial charge in [0, 0.05) is 24.7 Å². The van der Waals surface area contributed by atoms with E-state index in [1.54, 1.807) is 4.90 Å². The molecule has 122 valence electrons. The summed E-state index contributed by atoms with van der Waals surface area (Å²) in [4.78, 5) is 12.8. The molecule has 0 aromatic heterocycles. The number of ether oxygens (including phenoxy) is 1. The van der Waals surface area contributed by atoms with E-state index in [-0.39, 0.29) is 12.1 Å². The fourth-order valence-corrected chi connectivity index (χ4v) is 3.99. The van der Waals surface area contributed by atoms with Crippen LogP contribution >= 0.6 is 0 Å². The molecule has 1 heterocycles. The van der Waals surface area contributed by atoms with Crippen molar-refractivity contribution in [2.75, 3.05) is 6.61 Å². The smallest absolute Gasteiger partial charge is 0.407 e. The van der Waals surface area contributed by atoms with Gasteiger partial charge in [0.15, 0.2) is 0 Å². The molecule has 0 spiro atoms. The minimum atomic E-state index is -0.789. The largest absolute Gasteiger partial charge is 0.465 e. The average molecular weight is 298 g/mol. The summed E-state index contributed by atoms with van der Waals surface area (Å²) in [5, 5.41) is 9.22. The van der Waals surface area contributed by atoms with Gasteiger partial charge >= 0.3 is 6.09 Å². The van der Waals surface area contributed by atoms with Gasteiger partial charge in [0.1, 0.15) is 0 Å². The first-order valence-electron chi connectivity index (χ1n) is 8.35. The van der Waals surface area contributed by atoms with Crippen molar-refractivity contribution < 1.29 is 14.6 Å². The summed E-state index contributed by atoms with van der Waals surface area (Å²) < 4.78 is 5.99. The van der Waals surface area contributed by atoms with Crippen LogP contribution in [0.5, 0.6) is 0 Å². The van der Waals surface area contributed by atoms with Crippen LogP contribution in [0.2, 0.25) is 0 Å². The number of amides is 1. The topological polar surface area (TPSA) is 75.8 Å². The van der Waals surface area contributed by atoms with Crippen LogP contribution in [0.15, 0.2) is 0 Å². The lowest BCUT2D eigenvalue weighted by molar-refractivity contribution is 0.00632. The molecule has 0 radical (unpaired) electrons. The minimum Gasteiger partial charge on any atom is -0.465 e. The molecule has 21 heavy (non-hydrogen) atoms. The molecule has 0 bridgehead atoms. The summed E-state index contributed by atoms with van der Waals surface area (Å²) in [7, 11) is 0. The molecule has 0 aromatic carbocycles. The second-order valence-electron chi connectivity index (χ2n) is 6.92. The highest BCUT2D eigenvalue weighted by molar-refractivity contribution is 5.66. The standard InChI is InChI=1S/C16H30N2O3/c1-11-9-13(10-12(2)18(11)16(19)20)7-8-21-15-5-3-14(17)4-6-15/h11-15H,3-10,17H2,1-2H3,(H,19,20)/t11-,12?,13?,14?,15?/m0/s1. The molecule has 1 aliphatic carbocycles. The molecule has 1 aliphatic heterocycles. The van der Waals surface area contributed by atoms with Crippen molar-refractivity contribution >= 4 is 6.09 Å². The van der Waals surface area contributed by atoms with Crippen LogP contribution < -0.4 is 5.73 Å². The lowest BCUT2D eigenvalue weighted by atomic mass is 9.85. The quantitative estimate of drug-likeness (QED) is 0.837. The summed E-state index contributed by atoms with van der Waals surface area (Å²) in [6.45, 7) is 4.83. The molecule has 5 heteroatoms. The third-order valence-electron chi connectivity index (χ3n) is 5.12. The highest BCUT2D eigenvalue weighted by Crippen LogP contribution is 2.30. The molecule has 2 fully saturated rings. The van der Waals surface area contributed by atoms with Gasteiger partial charge in [-0.3, -0.25) is 0 Å². The second kappa shape index (κ2) is 7.45. The SMILES string of the molecule is CC1CC(CCOC2CCC(N)CC2)C[C@H](C)N1C(=O)O. The van der Waals surface area contributed by atoms with E-state index in [0.29, 0.717) is 18.1 Å². The van der Waals surface area contributed by atoms with Gasteiger partial charge in [-0.1, -0.05) is 0 Å². The Morgan fingerprint density at radius 1 is 1.19 bits per heavy atom. The Morgan fingerprint density at radius 3 is 2.29 bits per heavy atom. The van der Waals surface area contributed by atoms with Crippen molar-refractivity contribution in [2.45, 2.75) is 83.0 Å². The number of carboxylic acid groups (broad SMARTS) is 1. The van der Waals surface area contributed by atoms with E-state index in [1.807, 2.05) is 13.8 Å². The summed E-state index contributed by atoms with van der Waals surface area (Å²) in [6.07, 6.45) is 6.89. The monoisotopic (exact) mass is 298 g/mol. The Labute approximate surface area is 127 Å². The Bertz CT molecular complexity index is 330. The van der Waals surface area contributed by atoms with E-state index in [2.05, 4.69) is 0 Å². The molecule has 2 aliphatic rings. The Hall–Kier alpha value is -0.810. The van der Waals surface area contributed by atoms with Gasteiger partial charge in [-0.25, -0.2) is 4.79 Å². The molecule has 1 saturated carbocycles. The normalized spacial score (nSPS) is 37.5. The van der Waals surface area contributed by atoms with Gasteiger partial charge in [-0.15, -0.1) is 0 Å². The van der Waals surface area contributed by atoms with Gasteiger partial charge in [0.2, 0.25) is 0 Å². The van der Waals surface area contributed by atoms with Crippen molar-refractivity contribution in [3.05, 3.63) is 0 Å². The molecule has 0 aromatic rings. The Kier molecular flexibility index (Phi) is 5.88. The van der Waals surface area contributed by atoms with E-state index in [1.165, 1.54) is 0 Å². The van der Waals surface area contributed by atoms with E-state index in [4.69, 9.17) is 10.5 Å². The number of piperidine rings is 1. The minimum absolute atomic E-state index is 0.115. The van der Waals surface area contributed by atoms with Gasteiger partial charge in [0.25, 0.3) is 0 Å². The lowest BCUT2D eigenvalue weighted by Gasteiger charge is -2.41. The first-order chi connectivity index (χ1) is 9.97. The molecule has 2 unspecified atom stereocenters. The third-order valence-corrected chi connectivity index (χ3v) is 5.12. The Balaban J connectivity index is 1.69. The molecule has 1 saturated heterocycles. The zero-order valence-electron chi connectivity index (χ0n) is 13.3. The van der Waals surface area contributed by atoms with Crippen molar-refractivity contribution in [2.24, 2.45) is 11.7 Å². The maximum atomic E-state index is 11.2. The first-order valence-corrected chi connectivity index (χ1v) is 8.35. The fourth-order valence-electron chi connectivity index (χ4n) is 3.99. The molecule has 3 atom stereocenters. The lowest BCUT2D eigenvalue weighted by Crippen LogP contribution is -2.49. The van der Waals surface area contributed by atoms with E-state index in [9.17, 15) is 9.90 Å². The molecular formula is C16H30N2O3. The highest BCUT2D eigenvalue weighted by Gasteiger charge is 2.33. The highest BCUT2D eigenvalue weighted by atomic mass is 16.5. The van der Waals surface area contributed by atoms with Crippen LogP contribution in [-0.2, 0) is 4.74 Å². The van der Waals surface area contributed by atoms with Crippen LogP contribution in [0, 0.1) is 5.92 Å². The third kappa shape index (κ3) is 4.58. The fraction of sp³-hybridized carbons (Fsp3) is 0.938. The molecule has 5 nitrogen and oxygen atoms in total. The second-order valence-corrected chi connectivity index (χ2v) is 6.92. The van der Waals surface area contributed by atoms with Crippen LogP contribution in [0.4, 0.5) is 4.79 Å². The summed E-state index contributed by atoms with van der Waals surface area (Å²) in [5.41, 5.74) is 5.90. The van der Waals surface area contributed by atoms with Gasteiger partial charge in [-0.05, 0) is 64.7 Å². The van der Waals surface area contributed by atoms with Gasteiger partial charge in [0.05, 0.1) is 6.10 Å². The summed E-state index contributed by atoms with van der Waals surface area (Å²) in [5.74, 6) is 0.580. The van der Waals surface area contributed by atoms with Gasteiger partial charge < -0.3 is 20.5 Å². The van der Waals surface area contributed by atoms with E-state index in [0.717, 1.165) is 51.6 Å². The number of hydrogen-bond acceptors (Lipinski definition) is 3. The number of carbonyl (C=O) groups is 1. The maximum absolute atomic E-state index is 11.2. The molecular weight excluding hydrogens is 268 g/mol. The first kappa shape index (κ1) is 16.6. The average Bonchev–Trinajstić information content (AvgIpc) is 2.40. The molecule has 1 amide bonds. The van der Waals surface area contributed by atoms with Crippen LogP contribution in [0.1, 0.15) is 58.8 Å². The zero-order chi connectivity index (χ0) is 15.4. The number of nitrogens with two attached hydrogens (primary N) is 1. The van der Waals surface area contributed by atoms with Crippen LogP contribution in [0.25, 0.3) is 0 Å². The summed E-state index contributed by atoms with van der Waals surface area (Å²) in [6, 6.07) is 0.597. The number of hydrogen-bond donors (Lipinski definition) is 2.